The number of aliphatic hydroxyl groups excluding tert-OH is 4. The molecule has 0 saturated heterocycles. The van der Waals surface area contributed by atoms with Crippen LogP contribution in [0.25, 0.3) is 0 Å². The molecule has 0 amide bonds. The minimum atomic E-state index is -0.954. The Hall–Kier alpha value is -0.690. The summed E-state index contributed by atoms with van der Waals surface area (Å²) in [4.78, 5) is 10.9. The van der Waals surface area contributed by atoms with Crippen LogP contribution in [0.5, 0.6) is 0 Å². The first-order valence-electron chi connectivity index (χ1n) is 8.20. The second kappa shape index (κ2) is 25.3. The summed E-state index contributed by atoms with van der Waals surface area (Å²) in [6.45, 7) is 5.76. The fourth-order valence-corrected chi connectivity index (χ4v) is 1.34. The summed E-state index contributed by atoms with van der Waals surface area (Å²) in [5.41, 5.74) is 0. The standard InChI is InChI=1S/C11H22O2.C3H8O3.C2H6O/c1-3-5-6-7-8-9-10-11(12)13-4-2;4-1-3(6)2-5;1-2-3/h3-10H2,1-2H3;3-6H,1-2H2;3H,2H2,1H3. The van der Waals surface area contributed by atoms with Gasteiger partial charge in [-0.25, -0.2) is 0 Å². The Balaban J connectivity index is -0.000000333. The van der Waals surface area contributed by atoms with Crippen LogP contribution in [0, 0.1) is 0 Å². The number of ether oxygens (including phenoxy) is 1. The topological polar surface area (TPSA) is 107 Å². The molecule has 6 nitrogen and oxygen atoms in total. The average molecular weight is 324 g/mol. The van der Waals surface area contributed by atoms with Gasteiger partial charge >= 0.3 is 5.97 Å². The zero-order valence-electron chi connectivity index (χ0n) is 14.5. The van der Waals surface area contributed by atoms with E-state index in [0.29, 0.717) is 13.0 Å². The van der Waals surface area contributed by atoms with Gasteiger partial charge in [-0.1, -0.05) is 39.0 Å². The van der Waals surface area contributed by atoms with E-state index >= 15 is 0 Å². The smallest absolute Gasteiger partial charge is 0.305 e. The third-order valence-corrected chi connectivity index (χ3v) is 2.46. The molecule has 0 aromatic rings. The molecule has 0 radical (unpaired) electrons. The number of rotatable bonds is 10. The van der Waals surface area contributed by atoms with Crippen molar-refractivity contribution in [3.8, 4) is 0 Å². The minimum Gasteiger partial charge on any atom is -0.466 e. The molecule has 6 heteroatoms. The molecule has 0 unspecified atom stereocenters. The molecule has 0 saturated carbocycles. The largest absolute Gasteiger partial charge is 0.466 e. The van der Waals surface area contributed by atoms with Crippen LogP contribution in [0.1, 0.15) is 65.7 Å². The van der Waals surface area contributed by atoms with E-state index in [-0.39, 0.29) is 25.8 Å². The third-order valence-electron chi connectivity index (χ3n) is 2.46. The highest BCUT2D eigenvalue weighted by molar-refractivity contribution is 5.69. The van der Waals surface area contributed by atoms with Crippen LogP contribution in [0.15, 0.2) is 0 Å². The molecule has 0 atom stereocenters. The van der Waals surface area contributed by atoms with Crippen LogP contribution < -0.4 is 0 Å². The summed E-state index contributed by atoms with van der Waals surface area (Å²) in [5.74, 6) is -0.0435. The lowest BCUT2D eigenvalue weighted by atomic mass is 10.1. The van der Waals surface area contributed by atoms with Crippen molar-refractivity contribution in [2.45, 2.75) is 71.8 Å². The summed E-state index contributed by atoms with van der Waals surface area (Å²) in [7, 11) is 0. The van der Waals surface area contributed by atoms with Crippen molar-refractivity contribution in [3.63, 3.8) is 0 Å². The number of hydrogen-bond acceptors (Lipinski definition) is 6. The highest BCUT2D eigenvalue weighted by Gasteiger charge is 1.99. The van der Waals surface area contributed by atoms with Crippen LogP contribution in [0.4, 0.5) is 0 Å². The monoisotopic (exact) mass is 324 g/mol. The van der Waals surface area contributed by atoms with Crippen LogP contribution >= 0.6 is 0 Å². The van der Waals surface area contributed by atoms with Gasteiger partial charge in [-0.05, 0) is 20.3 Å². The van der Waals surface area contributed by atoms with E-state index in [1.54, 1.807) is 6.92 Å². The van der Waals surface area contributed by atoms with Crippen molar-refractivity contribution in [1.82, 2.24) is 0 Å². The Morgan fingerprint density at radius 1 is 0.909 bits per heavy atom. The molecule has 0 bridgehead atoms. The fourth-order valence-electron chi connectivity index (χ4n) is 1.34. The van der Waals surface area contributed by atoms with E-state index in [9.17, 15) is 4.79 Å². The molecular weight excluding hydrogens is 288 g/mol. The molecule has 136 valence electrons. The molecule has 0 aliphatic carbocycles. The van der Waals surface area contributed by atoms with Crippen molar-refractivity contribution in [1.29, 1.82) is 0 Å². The van der Waals surface area contributed by atoms with Gasteiger partial charge in [0.05, 0.1) is 19.8 Å². The SMILES string of the molecule is CCCCCCCCC(=O)OCC.CCO.OCC(O)CO. The van der Waals surface area contributed by atoms with Gasteiger partial charge in [0.15, 0.2) is 0 Å². The number of carbonyl (C=O) groups is 1. The number of hydrogen-bond donors (Lipinski definition) is 4. The number of esters is 1. The molecule has 0 aliphatic rings. The van der Waals surface area contributed by atoms with E-state index in [1.807, 2.05) is 6.92 Å². The second-order valence-corrected chi connectivity index (χ2v) is 4.66. The summed E-state index contributed by atoms with van der Waals surface area (Å²) >= 11 is 0. The molecule has 0 aromatic carbocycles. The summed E-state index contributed by atoms with van der Waals surface area (Å²) in [6, 6.07) is 0. The molecule has 0 fully saturated rings. The Kier molecular flexibility index (Phi) is 30.1. The van der Waals surface area contributed by atoms with Crippen molar-refractivity contribution < 1.29 is 30.0 Å². The highest BCUT2D eigenvalue weighted by Crippen LogP contribution is 2.07. The maximum atomic E-state index is 10.9. The van der Waals surface area contributed by atoms with Gasteiger partial charge in [0.1, 0.15) is 6.10 Å². The zero-order chi connectivity index (χ0) is 17.6. The van der Waals surface area contributed by atoms with Gasteiger partial charge in [-0.15, -0.1) is 0 Å². The van der Waals surface area contributed by atoms with Gasteiger partial charge in [0.25, 0.3) is 0 Å². The first-order valence-corrected chi connectivity index (χ1v) is 8.20. The van der Waals surface area contributed by atoms with E-state index in [0.717, 1.165) is 6.42 Å². The Morgan fingerprint density at radius 3 is 1.73 bits per heavy atom. The van der Waals surface area contributed by atoms with E-state index in [2.05, 4.69) is 6.92 Å². The van der Waals surface area contributed by atoms with Crippen molar-refractivity contribution in [3.05, 3.63) is 0 Å². The van der Waals surface area contributed by atoms with Gasteiger partial charge < -0.3 is 25.2 Å². The number of aliphatic hydroxyl groups is 4. The normalized spacial score (nSPS) is 9.45. The fraction of sp³-hybridized carbons (Fsp3) is 0.938. The lowest BCUT2D eigenvalue weighted by Gasteiger charge is -2.01. The maximum absolute atomic E-state index is 10.9. The average Bonchev–Trinajstić information content (AvgIpc) is 2.51. The molecule has 22 heavy (non-hydrogen) atoms. The van der Waals surface area contributed by atoms with Crippen LogP contribution in [-0.4, -0.2) is 58.9 Å². The van der Waals surface area contributed by atoms with Gasteiger partial charge in [-0.2, -0.15) is 0 Å². The third kappa shape index (κ3) is 31.6. The van der Waals surface area contributed by atoms with Gasteiger partial charge in [0, 0.05) is 13.0 Å². The molecular formula is C16H36O6. The molecule has 4 N–H and O–H groups in total. The van der Waals surface area contributed by atoms with Crippen LogP contribution in [0.2, 0.25) is 0 Å². The van der Waals surface area contributed by atoms with Crippen LogP contribution in [-0.2, 0) is 9.53 Å². The van der Waals surface area contributed by atoms with E-state index < -0.39 is 6.10 Å². The quantitative estimate of drug-likeness (QED) is 0.359. The zero-order valence-corrected chi connectivity index (χ0v) is 14.5. The first-order chi connectivity index (χ1) is 10.5. The summed E-state index contributed by atoms with van der Waals surface area (Å²) < 4.78 is 4.83. The van der Waals surface area contributed by atoms with Gasteiger partial charge in [-0.3, -0.25) is 4.79 Å². The van der Waals surface area contributed by atoms with Crippen molar-refractivity contribution in [2.75, 3.05) is 26.4 Å². The van der Waals surface area contributed by atoms with Gasteiger partial charge in [0.2, 0.25) is 0 Å². The second-order valence-electron chi connectivity index (χ2n) is 4.66. The Morgan fingerprint density at radius 2 is 1.36 bits per heavy atom. The first kappa shape index (κ1) is 26.2. The van der Waals surface area contributed by atoms with E-state index in [1.165, 1.54) is 32.1 Å². The Bertz CT molecular complexity index is 195. The lowest BCUT2D eigenvalue weighted by molar-refractivity contribution is -0.143. The molecule has 0 aliphatic heterocycles. The molecule has 0 rings (SSSR count). The predicted octanol–water partition coefficient (Wildman–Crippen LogP) is 1.63. The summed E-state index contributed by atoms with van der Waals surface area (Å²) in [6.07, 6.45) is 6.95. The van der Waals surface area contributed by atoms with Crippen LogP contribution in [0.3, 0.4) is 0 Å². The number of carbonyl (C=O) groups excluding carboxylic acids is 1. The predicted molar refractivity (Wildman–Crippen MR) is 87.6 cm³/mol. The van der Waals surface area contributed by atoms with Crippen molar-refractivity contribution >= 4 is 5.97 Å². The maximum Gasteiger partial charge on any atom is 0.305 e. The highest BCUT2D eigenvalue weighted by atomic mass is 16.5. The van der Waals surface area contributed by atoms with E-state index in [4.69, 9.17) is 25.2 Å². The lowest BCUT2D eigenvalue weighted by Crippen LogP contribution is -2.15. The summed E-state index contributed by atoms with van der Waals surface area (Å²) in [5, 5.41) is 31.6. The molecule has 0 aromatic heterocycles. The number of unbranched alkanes of at least 4 members (excludes halogenated alkanes) is 5. The Labute approximate surface area is 135 Å². The minimum absolute atomic E-state index is 0.0435. The van der Waals surface area contributed by atoms with Crippen molar-refractivity contribution in [2.24, 2.45) is 0 Å². The molecule has 0 heterocycles. The molecule has 0 spiro atoms.